The predicted molar refractivity (Wildman–Crippen MR) is 428 cm³/mol. The summed E-state index contributed by atoms with van der Waals surface area (Å²) in [5, 5.41) is 9.77. The van der Waals surface area contributed by atoms with Crippen LogP contribution < -0.4 is 0 Å². The van der Waals surface area contributed by atoms with Gasteiger partial charge in [-0.2, -0.15) is 0 Å². The van der Waals surface area contributed by atoms with Gasteiger partial charge in [0.15, 0.2) is 6.10 Å². The molecule has 0 saturated carbocycles. The summed E-state index contributed by atoms with van der Waals surface area (Å²) in [6.07, 6.45) is 118. The molecule has 0 aromatic heterocycles. The number of carboxylic acid groups (broad SMARTS) is 1. The number of aliphatic carboxylic acids is 1. The molecular formula is C90H144NO8+. The van der Waals surface area contributed by atoms with E-state index in [4.69, 9.17) is 18.9 Å². The van der Waals surface area contributed by atoms with Crippen LogP contribution in [0.15, 0.2) is 207 Å². The van der Waals surface area contributed by atoms with Gasteiger partial charge in [-0.05, 0) is 148 Å². The second-order valence-electron chi connectivity index (χ2n) is 26.6. The van der Waals surface area contributed by atoms with Gasteiger partial charge in [0.2, 0.25) is 0 Å². The van der Waals surface area contributed by atoms with E-state index < -0.39 is 24.3 Å². The number of carbonyl (C=O) groups is 3. The molecule has 2 atom stereocenters. The van der Waals surface area contributed by atoms with Gasteiger partial charge in [0.25, 0.3) is 6.29 Å². The largest absolute Gasteiger partial charge is 0.477 e. The van der Waals surface area contributed by atoms with Crippen LogP contribution in [0.25, 0.3) is 0 Å². The molecule has 0 radical (unpaired) electrons. The molecule has 0 heterocycles. The maximum Gasteiger partial charge on any atom is 0.361 e. The lowest BCUT2D eigenvalue weighted by Gasteiger charge is -2.25. The molecule has 0 aliphatic rings. The summed E-state index contributed by atoms with van der Waals surface area (Å²) >= 11 is 0. The van der Waals surface area contributed by atoms with E-state index in [2.05, 4.69) is 220 Å². The summed E-state index contributed by atoms with van der Waals surface area (Å²) in [7, 11) is 5.97. The lowest BCUT2D eigenvalue weighted by molar-refractivity contribution is -0.870. The molecule has 0 aromatic rings. The maximum absolute atomic E-state index is 13.0. The van der Waals surface area contributed by atoms with Crippen LogP contribution in [0.2, 0.25) is 0 Å². The Labute approximate surface area is 607 Å². The highest BCUT2D eigenvalue weighted by Crippen LogP contribution is 2.16. The standard InChI is InChI=1S/C90H143NO8/c1-6-8-10-12-14-16-18-20-22-24-26-28-30-32-34-36-38-40-42-43-44-45-47-49-51-53-55-57-59-61-63-65-67-69-71-73-75-77-79-81-88(93)99-86(85-98-90(89(94)95)96-83-82-91(3,4)5)84-97-87(92)80-78-76-74-72-70-68-66-64-62-60-58-56-54-52-50-48-46-41-39-37-35-33-31-29-27-25-23-21-19-17-15-13-11-9-7-2/h8-11,14-17,20-23,26-29,32-35,38-41,43-44,47-50,53-56,86,90H,6-7,12-13,18-19,24-25,30-31,36-37,42,45-46,51-52,57-85H2,1-5H3/p+1/b10-8-,11-9-,16-14-,17-15-,22-20-,23-21-,28-26-,29-27-,34-32-,35-33-,40-38-,41-39-,44-43-,49-47-,50-48-,55-53-,56-54-. The summed E-state index contributed by atoms with van der Waals surface area (Å²) in [5.74, 6) is -2.03. The molecule has 0 rings (SSSR count). The van der Waals surface area contributed by atoms with Crippen LogP contribution in [0.4, 0.5) is 0 Å². The number of hydrogen-bond donors (Lipinski definition) is 1. The maximum atomic E-state index is 13.0. The molecule has 2 unspecified atom stereocenters. The molecule has 0 fully saturated rings. The first-order valence-electron chi connectivity index (χ1n) is 39.2. The van der Waals surface area contributed by atoms with Crippen LogP contribution in [0, 0.1) is 0 Å². The van der Waals surface area contributed by atoms with E-state index in [1.807, 2.05) is 21.1 Å². The SMILES string of the molecule is CC/C=C\C/C=C\C/C=C\C/C=C\C/C=C\C/C=C\C/C=C\C/C=C\C/C=C\CCCCCCCCCCCCCC(=O)OC(COC(=O)CCCCCCCCCCCC/C=C\C/C=C\C/C=C\C/C=C\C/C=C\C/C=C\C/C=C\C/C=C\CC)COC(OCC[N+](C)(C)C)C(=O)O. The Morgan fingerprint density at radius 2 is 0.545 bits per heavy atom. The predicted octanol–water partition coefficient (Wildman–Crippen LogP) is 25.5. The molecule has 0 bridgehead atoms. The number of quaternary nitrogens is 1. The molecule has 0 spiro atoms. The third kappa shape index (κ3) is 79.1. The number of unbranched alkanes of at least 4 members (excludes halogenated alkanes) is 21. The van der Waals surface area contributed by atoms with Gasteiger partial charge in [-0.1, -0.05) is 330 Å². The van der Waals surface area contributed by atoms with E-state index in [0.29, 0.717) is 17.4 Å². The summed E-state index contributed by atoms with van der Waals surface area (Å²) in [5.41, 5.74) is 0. The average molecular weight is 1370 g/mol. The van der Waals surface area contributed by atoms with Crippen molar-refractivity contribution in [1.29, 1.82) is 0 Å². The van der Waals surface area contributed by atoms with Crippen LogP contribution in [0.3, 0.4) is 0 Å². The minimum atomic E-state index is -1.53. The number of nitrogens with zero attached hydrogens (tertiary/aromatic N) is 1. The fourth-order valence-electron chi connectivity index (χ4n) is 10.1. The Hall–Kier alpha value is -6.13. The van der Waals surface area contributed by atoms with E-state index in [-0.39, 0.29) is 38.6 Å². The fourth-order valence-corrected chi connectivity index (χ4v) is 10.1. The Morgan fingerprint density at radius 3 is 0.808 bits per heavy atom. The monoisotopic (exact) mass is 1370 g/mol. The Kier molecular flexibility index (Phi) is 72.8. The Balaban J connectivity index is 4.15. The van der Waals surface area contributed by atoms with Crippen molar-refractivity contribution in [3.8, 4) is 0 Å². The van der Waals surface area contributed by atoms with Gasteiger partial charge in [0.1, 0.15) is 13.2 Å². The first-order valence-corrected chi connectivity index (χ1v) is 39.2. The van der Waals surface area contributed by atoms with E-state index in [9.17, 15) is 19.5 Å². The third-order valence-electron chi connectivity index (χ3n) is 16.0. The zero-order valence-electron chi connectivity index (χ0n) is 63.6. The first-order chi connectivity index (χ1) is 48.6. The van der Waals surface area contributed by atoms with Gasteiger partial charge in [-0.25, -0.2) is 4.79 Å². The zero-order valence-corrected chi connectivity index (χ0v) is 63.6. The van der Waals surface area contributed by atoms with Gasteiger partial charge in [-0.15, -0.1) is 0 Å². The quantitative estimate of drug-likeness (QED) is 0.0211. The van der Waals surface area contributed by atoms with Gasteiger partial charge in [-0.3, -0.25) is 9.59 Å². The molecule has 0 aromatic carbocycles. The van der Waals surface area contributed by atoms with E-state index in [1.165, 1.54) is 83.5 Å². The molecule has 1 N–H and O–H groups in total. The number of carbonyl (C=O) groups excluding carboxylic acids is 2. The lowest BCUT2D eigenvalue weighted by Crippen LogP contribution is -2.40. The number of ether oxygens (including phenoxy) is 4. The van der Waals surface area contributed by atoms with Gasteiger partial charge >= 0.3 is 17.9 Å². The number of allylic oxidation sites excluding steroid dienone is 34. The minimum absolute atomic E-state index is 0.177. The third-order valence-corrected chi connectivity index (χ3v) is 16.0. The normalized spacial score (nSPS) is 13.8. The highest BCUT2D eigenvalue weighted by Gasteiger charge is 2.25. The number of hydrogen-bond acceptors (Lipinski definition) is 7. The minimum Gasteiger partial charge on any atom is -0.477 e. The van der Waals surface area contributed by atoms with Crippen molar-refractivity contribution in [3.63, 3.8) is 0 Å². The van der Waals surface area contributed by atoms with Crippen LogP contribution in [0.5, 0.6) is 0 Å². The summed E-state index contributed by atoms with van der Waals surface area (Å²) < 4.78 is 23.0. The number of likely N-dealkylation sites (N-methyl/N-ethyl adjacent to an activating group) is 1. The summed E-state index contributed by atoms with van der Waals surface area (Å²) in [6, 6.07) is 0. The van der Waals surface area contributed by atoms with Crippen molar-refractivity contribution in [2.24, 2.45) is 0 Å². The Bertz CT molecular complexity index is 2390. The zero-order chi connectivity index (χ0) is 71.8. The average Bonchev–Trinajstić information content (AvgIpc) is 1.14. The number of rotatable bonds is 70. The van der Waals surface area contributed by atoms with E-state index in [0.717, 1.165) is 167 Å². The second-order valence-corrected chi connectivity index (χ2v) is 26.6. The highest BCUT2D eigenvalue weighted by atomic mass is 16.7. The Morgan fingerprint density at radius 1 is 0.303 bits per heavy atom. The number of esters is 2. The molecule has 0 saturated heterocycles. The van der Waals surface area contributed by atoms with Crippen LogP contribution in [-0.2, 0) is 33.3 Å². The first kappa shape index (κ1) is 92.9. The summed E-state index contributed by atoms with van der Waals surface area (Å²) in [6.45, 7) is 4.63. The molecule has 9 heteroatoms. The fraction of sp³-hybridized carbons (Fsp3) is 0.589. The summed E-state index contributed by atoms with van der Waals surface area (Å²) in [4.78, 5) is 37.7. The van der Waals surface area contributed by atoms with Gasteiger partial charge < -0.3 is 28.5 Å². The van der Waals surface area contributed by atoms with Gasteiger partial charge in [0.05, 0.1) is 34.4 Å². The van der Waals surface area contributed by atoms with E-state index >= 15 is 0 Å². The second kappa shape index (κ2) is 77.6. The molecule has 9 nitrogen and oxygen atoms in total. The van der Waals surface area contributed by atoms with Crippen LogP contribution in [-0.4, -0.2) is 87.4 Å². The van der Waals surface area contributed by atoms with Crippen molar-refractivity contribution in [2.45, 2.75) is 296 Å². The molecule has 99 heavy (non-hydrogen) atoms. The van der Waals surface area contributed by atoms with Crippen molar-refractivity contribution < 1.29 is 42.9 Å². The molecule has 0 aliphatic heterocycles. The topological polar surface area (TPSA) is 108 Å². The lowest BCUT2D eigenvalue weighted by atomic mass is 10.0. The van der Waals surface area contributed by atoms with Crippen LogP contribution >= 0.6 is 0 Å². The van der Waals surface area contributed by atoms with Crippen molar-refractivity contribution in [2.75, 3.05) is 47.5 Å². The van der Waals surface area contributed by atoms with Crippen LogP contribution in [0.1, 0.15) is 284 Å². The molecule has 0 amide bonds. The highest BCUT2D eigenvalue weighted by molar-refractivity contribution is 5.71. The molecule has 0 aliphatic carbocycles. The van der Waals surface area contributed by atoms with Crippen molar-refractivity contribution >= 4 is 17.9 Å². The van der Waals surface area contributed by atoms with Crippen molar-refractivity contribution in [1.82, 2.24) is 0 Å². The number of carboxylic acids is 1. The van der Waals surface area contributed by atoms with E-state index in [1.54, 1.807) is 0 Å². The molecular weight excluding hydrogens is 1220 g/mol. The smallest absolute Gasteiger partial charge is 0.361 e. The van der Waals surface area contributed by atoms with Gasteiger partial charge in [0, 0.05) is 12.8 Å². The molecule has 556 valence electrons. The van der Waals surface area contributed by atoms with Crippen molar-refractivity contribution in [3.05, 3.63) is 207 Å².